The summed E-state index contributed by atoms with van der Waals surface area (Å²) in [6.07, 6.45) is 2.30. The number of hydrogen-bond donors (Lipinski definition) is 0. The van der Waals surface area contributed by atoms with Crippen molar-refractivity contribution >= 4 is 15.9 Å². The summed E-state index contributed by atoms with van der Waals surface area (Å²) in [5, 5.41) is 8.54. The van der Waals surface area contributed by atoms with E-state index in [0.717, 1.165) is 35.2 Å². The second-order valence-electron chi connectivity index (χ2n) is 3.31. The number of benzene rings is 1. The molecule has 0 radical (unpaired) electrons. The quantitative estimate of drug-likeness (QED) is 0.810. The molecule has 1 aliphatic rings. The maximum Gasteiger partial charge on any atom is 0.125 e. The number of ether oxygens (including phenoxy) is 1. The molecule has 0 atom stereocenters. The molecule has 0 N–H and O–H groups in total. The predicted octanol–water partition coefficient (Wildman–Crippen LogP) is 2.84. The Morgan fingerprint density at radius 2 is 2.36 bits per heavy atom. The zero-order valence-electron chi connectivity index (χ0n) is 7.72. The molecule has 1 aromatic carbocycles. The van der Waals surface area contributed by atoms with E-state index in [0.29, 0.717) is 6.42 Å². The third-order valence-corrected chi connectivity index (χ3v) is 2.79. The maximum atomic E-state index is 8.54. The number of fused-ring (bicyclic) bond motifs is 1. The second-order valence-corrected chi connectivity index (χ2v) is 4.23. The smallest absolute Gasteiger partial charge is 0.125 e. The zero-order valence-corrected chi connectivity index (χ0v) is 9.30. The minimum atomic E-state index is 0.548. The van der Waals surface area contributed by atoms with Crippen LogP contribution in [0.4, 0.5) is 0 Å². The first-order valence-corrected chi connectivity index (χ1v) is 5.41. The Labute approximate surface area is 91.6 Å². The average molecular weight is 252 g/mol. The monoisotopic (exact) mass is 251 g/mol. The van der Waals surface area contributed by atoms with Crippen LogP contribution in [-0.2, 0) is 12.8 Å². The van der Waals surface area contributed by atoms with Crippen LogP contribution in [0.3, 0.4) is 0 Å². The molecule has 0 spiro atoms. The van der Waals surface area contributed by atoms with Gasteiger partial charge in [-0.15, -0.1) is 0 Å². The molecule has 1 aromatic rings. The topological polar surface area (TPSA) is 33.0 Å². The lowest BCUT2D eigenvalue weighted by Crippen LogP contribution is -1.92. The van der Waals surface area contributed by atoms with Crippen LogP contribution in [-0.4, -0.2) is 6.61 Å². The molecule has 0 bridgehead atoms. The number of hydrogen-bond acceptors (Lipinski definition) is 2. The van der Waals surface area contributed by atoms with Crippen molar-refractivity contribution in [2.45, 2.75) is 19.3 Å². The van der Waals surface area contributed by atoms with Crippen molar-refractivity contribution in [1.29, 1.82) is 5.26 Å². The lowest BCUT2D eigenvalue weighted by molar-refractivity contribution is 0.353. The van der Waals surface area contributed by atoms with Gasteiger partial charge in [0, 0.05) is 17.3 Å². The highest BCUT2D eigenvalue weighted by Crippen LogP contribution is 2.33. The summed E-state index contributed by atoms with van der Waals surface area (Å²) < 4.78 is 6.63. The minimum Gasteiger partial charge on any atom is -0.493 e. The third kappa shape index (κ3) is 1.76. The molecule has 72 valence electrons. The van der Waals surface area contributed by atoms with Crippen LogP contribution in [0.2, 0.25) is 0 Å². The standard InChI is InChI=1S/C11H10BrNO/c12-10-6-8(2-1-4-13)11-9(7-10)3-5-14-11/h6-7H,1-3,5H2. The summed E-state index contributed by atoms with van der Waals surface area (Å²) in [5.41, 5.74) is 2.40. The van der Waals surface area contributed by atoms with Gasteiger partial charge in [0.25, 0.3) is 0 Å². The largest absolute Gasteiger partial charge is 0.493 e. The molecule has 3 heteroatoms. The Hall–Kier alpha value is -1.01. The Morgan fingerprint density at radius 1 is 1.50 bits per heavy atom. The fourth-order valence-electron chi connectivity index (χ4n) is 1.72. The highest BCUT2D eigenvalue weighted by atomic mass is 79.9. The van der Waals surface area contributed by atoms with Gasteiger partial charge in [0.1, 0.15) is 5.75 Å². The van der Waals surface area contributed by atoms with Gasteiger partial charge in [-0.25, -0.2) is 0 Å². The molecular weight excluding hydrogens is 242 g/mol. The molecule has 14 heavy (non-hydrogen) atoms. The molecule has 0 amide bonds. The van der Waals surface area contributed by atoms with Gasteiger partial charge in [-0.05, 0) is 29.7 Å². The molecule has 0 saturated heterocycles. The Morgan fingerprint density at radius 3 is 3.14 bits per heavy atom. The van der Waals surface area contributed by atoms with Crippen molar-refractivity contribution in [3.05, 3.63) is 27.7 Å². The SMILES string of the molecule is N#CCCc1cc(Br)cc2c1OCC2. The van der Waals surface area contributed by atoms with Crippen LogP contribution < -0.4 is 4.74 Å². The van der Waals surface area contributed by atoms with Gasteiger partial charge in [-0.2, -0.15) is 5.26 Å². The summed E-state index contributed by atoms with van der Waals surface area (Å²) in [6.45, 7) is 0.769. The van der Waals surface area contributed by atoms with Gasteiger partial charge in [-0.3, -0.25) is 0 Å². The summed E-state index contributed by atoms with van der Waals surface area (Å²) >= 11 is 3.47. The summed E-state index contributed by atoms with van der Waals surface area (Å²) in [4.78, 5) is 0. The molecule has 0 unspecified atom stereocenters. The van der Waals surface area contributed by atoms with E-state index in [9.17, 15) is 0 Å². The fraction of sp³-hybridized carbons (Fsp3) is 0.364. The van der Waals surface area contributed by atoms with Gasteiger partial charge in [0.15, 0.2) is 0 Å². The average Bonchev–Trinajstić information content (AvgIpc) is 2.61. The summed E-state index contributed by atoms with van der Waals surface area (Å²) in [6, 6.07) is 6.29. The minimum absolute atomic E-state index is 0.548. The van der Waals surface area contributed by atoms with E-state index in [2.05, 4.69) is 28.1 Å². The number of halogens is 1. The number of nitriles is 1. The zero-order chi connectivity index (χ0) is 9.97. The van der Waals surface area contributed by atoms with Crippen molar-refractivity contribution < 1.29 is 4.74 Å². The normalized spacial score (nSPS) is 13.1. The lowest BCUT2D eigenvalue weighted by atomic mass is 10.0. The molecule has 0 aliphatic carbocycles. The fourth-order valence-corrected chi connectivity index (χ4v) is 2.27. The molecule has 1 aliphatic heterocycles. The molecule has 2 rings (SSSR count). The van der Waals surface area contributed by atoms with E-state index >= 15 is 0 Å². The van der Waals surface area contributed by atoms with Crippen molar-refractivity contribution in [3.8, 4) is 11.8 Å². The highest BCUT2D eigenvalue weighted by molar-refractivity contribution is 9.10. The molecular formula is C11H10BrNO. The van der Waals surface area contributed by atoms with Crippen LogP contribution in [0.5, 0.6) is 5.75 Å². The molecule has 0 fully saturated rings. The van der Waals surface area contributed by atoms with Gasteiger partial charge in [0.2, 0.25) is 0 Å². The first-order chi connectivity index (χ1) is 6.81. The van der Waals surface area contributed by atoms with Gasteiger partial charge in [0.05, 0.1) is 12.7 Å². The maximum absolute atomic E-state index is 8.54. The van der Waals surface area contributed by atoms with Crippen molar-refractivity contribution in [3.63, 3.8) is 0 Å². The van der Waals surface area contributed by atoms with Crippen molar-refractivity contribution in [2.75, 3.05) is 6.61 Å². The predicted molar refractivity (Wildman–Crippen MR) is 57.3 cm³/mol. The second kappa shape index (κ2) is 4.02. The molecule has 1 heterocycles. The van der Waals surface area contributed by atoms with Crippen molar-refractivity contribution in [2.24, 2.45) is 0 Å². The summed E-state index contributed by atoms with van der Waals surface area (Å²) in [5.74, 6) is 1.00. The molecule has 2 nitrogen and oxygen atoms in total. The third-order valence-electron chi connectivity index (χ3n) is 2.33. The van der Waals surface area contributed by atoms with E-state index in [1.807, 2.05) is 6.07 Å². The number of rotatable bonds is 2. The van der Waals surface area contributed by atoms with Crippen LogP contribution in [0.15, 0.2) is 16.6 Å². The van der Waals surface area contributed by atoms with Crippen LogP contribution in [0.1, 0.15) is 17.5 Å². The van der Waals surface area contributed by atoms with Gasteiger partial charge in [-0.1, -0.05) is 15.9 Å². The first kappa shape index (κ1) is 9.54. The Bertz CT molecular complexity index is 395. The van der Waals surface area contributed by atoms with E-state index in [1.165, 1.54) is 5.56 Å². The number of nitrogens with zero attached hydrogens (tertiary/aromatic N) is 1. The van der Waals surface area contributed by atoms with E-state index < -0.39 is 0 Å². The molecule has 0 saturated carbocycles. The van der Waals surface area contributed by atoms with E-state index in [4.69, 9.17) is 10.00 Å². The molecule has 0 aromatic heterocycles. The van der Waals surface area contributed by atoms with E-state index in [-0.39, 0.29) is 0 Å². The first-order valence-electron chi connectivity index (χ1n) is 4.62. The van der Waals surface area contributed by atoms with Gasteiger partial charge >= 0.3 is 0 Å². The lowest BCUT2D eigenvalue weighted by Gasteiger charge is -2.06. The van der Waals surface area contributed by atoms with Crippen LogP contribution in [0.25, 0.3) is 0 Å². The van der Waals surface area contributed by atoms with Crippen LogP contribution >= 0.6 is 15.9 Å². The summed E-state index contributed by atoms with van der Waals surface area (Å²) in [7, 11) is 0. The number of aryl methyl sites for hydroxylation is 1. The van der Waals surface area contributed by atoms with Crippen LogP contribution in [0, 0.1) is 11.3 Å². The Kier molecular flexibility index (Phi) is 2.74. The highest BCUT2D eigenvalue weighted by Gasteiger charge is 2.16. The van der Waals surface area contributed by atoms with Crippen molar-refractivity contribution in [1.82, 2.24) is 0 Å². The van der Waals surface area contributed by atoms with Gasteiger partial charge < -0.3 is 4.74 Å². The van der Waals surface area contributed by atoms with E-state index in [1.54, 1.807) is 0 Å². The Balaban J connectivity index is 2.34.